The Hall–Kier alpha value is -1.22. The highest BCUT2D eigenvalue weighted by molar-refractivity contribution is 5.57. The smallest absolute Gasteiger partial charge is 0.142 e. The number of benzene rings is 1. The second-order valence-electron chi connectivity index (χ2n) is 3.40. The minimum atomic E-state index is -0.343. The maximum Gasteiger partial charge on any atom is 0.142 e. The largest absolute Gasteiger partial charge is 0.495 e. The maximum absolute atomic E-state index is 9.27. The van der Waals surface area contributed by atoms with Gasteiger partial charge in [0.05, 0.1) is 18.9 Å². The molecule has 1 N–H and O–H groups in total. The molecular weight excluding hydrogens is 178 g/mol. The Morgan fingerprint density at radius 1 is 1.43 bits per heavy atom. The molecule has 1 unspecified atom stereocenters. The number of aliphatic hydroxyl groups excluding tert-OH is 1. The molecule has 0 saturated heterocycles. The first-order chi connectivity index (χ1) is 6.65. The van der Waals surface area contributed by atoms with Gasteiger partial charge in [-0.1, -0.05) is 12.1 Å². The van der Waals surface area contributed by atoms with Crippen molar-refractivity contribution in [2.75, 3.05) is 25.6 Å². The highest BCUT2D eigenvalue weighted by atomic mass is 16.5. The lowest BCUT2D eigenvalue weighted by Crippen LogP contribution is -2.27. The van der Waals surface area contributed by atoms with Crippen LogP contribution in [0.15, 0.2) is 24.3 Å². The normalized spacial score (nSPS) is 12.3. The molecule has 78 valence electrons. The number of hydrogen-bond donors (Lipinski definition) is 1. The average molecular weight is 195 g/mol. The summed E-state index contributed by atoms with van der Waals surface area (Å²) < 4.78 is 5.22. The Balaban J connectivity index is 2.82. The van der Waals surface area contributed by atoms with Gasteiger partial charge in [0, 0.05) is 13.6 Å². The number of likely N-dealkylation sites (N-methyl/N-ethyl adjacent to an activating group) is 1. The predicted octanol–water partition coefficient (Wildman–Crippen LogP) is 1.51. The molecule has 3 nitrogen and oxygen atoms in total. The second kappa shape index (κ2) is 4.86. The predicted molar refractivity (Wildman–Crippen MR) is 57.9 cm³/mol. The topological polar surface area (TPSA) is 32.7 Å². The van der Waals surface area contributed by atoms with E-state index in [0.717, 1.165) is 11.4 Å². The van der Waals surface area contributed by atoms with Crippen LogP contribution in [0.2, 0.25) is 0 Å². The summed E-state index contributed by atoms with van der Waals surface area (Å²) in [7, 11) is 3.58. The van der Waals surface area contributed by atoms with E-state index in [4.69, 9.17) is 4.74 Å². The van der Waals surface area contributed by atoms with Gasteiger partial charge in [0.1, 0.15) is 5.75 Å². The zero-order valence-corrected chi connectivity index (χ0v) is 8.90. The van der Waals surface area contributed by atoms with E-state index >= 15 is 0 Å². The summed E-state index contributed by atoms with van der Waals surface area (Å²) in [6, 6.07) is 7.77. The van der Waals surface area contributed by atoms with Crippen LogP contribution in [0, 0.1) is 0 Å². The Kier molecular flexibility index (Phi) is 3.77. The molecule has 0 aliphatic rings. The molecule has 0 radical (unpaired) electrons. The van der Waals surface area contributed by atoms with Crippen molar-refractivity contribution in [2.45, 2.75) is 13.0 Å². The van der Waals surface area contributed by atoms with E-state index in [0.29, 0.717) is 6.54 Å². The van der Waals surface area contributed by atoms with Crippen LogP contribution < -0.4 is 9.64 Å². The quantitative estimate of drug-likeness (QED) is 0.790. The van der Waals surface area contributed by atoms with Crippen LogP contribution in [0.3, 0.4) is 0 Å². The Bertz CT molecular complexity index is 286. The van der Waals surface area contributed by atoms with Crippen molar-refractivity contribution in [1.29, 1.82) is 0 Å². The summed E-state index contributed by atoms with van der Waals surface area (Å²) in [6.45, 7) is 2.37. The molecule has 1 aromatic rings. The lowest BCUT2D eigenvalue weighted by atomic mass is 10.2. The molecule has 0 heterocycles. The Morgan fingerprint density at radius 2 is 2.07 bits per heavy atom. The number of aliphatic hydroxyl groups is 1. The van der Waals surface area contributed by atoms with Gasteiger partial charge in [-0.3, -0.25) is 0 Å². The molecule has 0 saturated carbocycles. The average Bonchev–Trinajstić information content (AvgIpc) is 2.16. The van der Waals surface area contributed by atoms with E-state index in [1.807, 2.05) is 36.2 Å². The maximum atomic E-state index is 9.27. The third-order valence-corrected chi connectivity index (χ3v) is 2.03. The Morgan fingerprint density at radius 3 is 2.64 bits per heavy atom. The molecule has 0 amide bonds. The fourth-order valence-corrected chi connectivity index (χ4v) is 1.44. The van der Waals surface area contributed by atoms with Crippen LogP contribution in [0.5, 0.6) is 5.75 Å². The number of para-hydroxylation sites is 2. The van der Waals surface area contributed by atoms with Gasteiger partial charge < -0.3 is 14.7 Å². The highest BCUT2D eigenvalue weighted by Gasteiger charge is 2.08. The van der Waals surface area contributed by atoms with Crippen LogP contribution in [-0.4, -0.2) is 31.9 Å². The lowest BCUT2D eigenvalue weighted by Gasteiger charge is -2.22. The fourth-order valence-electron chi connectivity index (χ4n) is 1.44. The Labute approximate surface area is 84.9 Å². The zero-order chi connectivity index (χ0) is 10.6. The van der Waals surface area contributed by atoms with Crippen molar-refractivity contribution in [3.8, 4) is 5.75 Å². The van der Waals surface area contributed by atoms with Crippen LogP contribution in [-0.2, 0) is 0 Å². The van der Waals surface area contributed by atoms with E-state index in [1.165, 1.54) is 0 Å². The van der Waals surface area contributed by atoms with Crippen LogP contribution in [0.25, 0.3) is 0 Å². The standard InChI is InChI=1S/C11H17NO2/c1-9(13)8-12(2)10-6-4-5-7-11(10)14-3/h4-7,9,13H,8H2,1-3H3. The number of ether oxygens (including phenoxy) is 1. The summed E-state index contributed by atoms with van der Waals surface area (Å²) in [5.74, 6) is 0.829. The van der Waals surface area contributed by atoms with Crippen LogP contribution in [0.4, 0.5) is 5.69 Å². The van der Waals surface area contributed by atoms with E-state index in [9.17, 15) is 5.11 Å². The third-order valence-electron chi connectivity index (χ3n) is 2.03. The minimum absolute atomic E-state index is 0.343. The second-order valence-corrected chi connectivity index (χ2v) is 3.40. The lowest BCUT2D eigenvalue weighted by molar-refractivity contribution is 0.201. The van der Waals surface area contributed by atoms with E-state index in [-0.39, 0.29) is 6.10 Å². The summed E-state index contributed by atoms with van der Waals surface area (Å²) in [5.41, 5.74) is 0.996. The van der Waals surface area contributed by atoms with Crippen molar-refractivity contribution in [3.63, 3.8) is 0 Å². The number of methoxy groups -OCH3 is 1. The van der Waals surface area contributed by atoms with Crippen molar-refractivity contribution < 1.29 is 9.84 Å². The first-order valence-corrected chi connectivity index (χ1v) is 4.67. The van der Waals surface area contributed by atoms with Gasteiger partial charge in [-0.15, -0.1) is 0 Å². The number of hydrogen-bond acceptors (Lipinski definition) is 3. The van der Waals surface area contributed by atoms with Crippen LogP contribution >= 0.6 is 0 Å². The molecule has 0 fully saturated rings. The molecule has 1 rings (SSSR count). The molecule has 3 heteroatoms. The summed E-state index contributed by atoms with van der Waals surface area (Å²) in [6.07, 6.45) is -0.343. The molecule has 0 bridgehead atoms. The van der Waals surface area contributed by atoms with Gasteiger partial charge in [-0.05, 0) is 19.1 Å². The third kappa shape index (κ3) is 2.64. The van der Waals surface area contributed by atoms with Crippen molar-refractivity contribution in [1.82, 2.24) is 0 Å². The van der Waals surface area contributed by atoms with Gasteiger partial charge in [-0.2, -0.15) is 0 Å². The molecular formula is C11H17NO2. The fraction of sp³-hybridized carbons (Fsp3) is 0.455. The summed E-state index contributed by atoms with van der Waals surface area (Å²) >= 11 is 0. The molecule has 1 aromatic carbocycles. The van der Waals surface area contributed by atoms with Gasteiger partial charge in [-0.25, -0.2) is 0 Å². The molecule has 0 spiro atoms. The highest BCUT2D eigenvalue weighted by Crippen LogP contribution is 2.26. The molecule has 14 heavy (non-hydrogen) atoms. The SMILES string of the molecule is COc1ccccc1N(C)CC(C)O. The first-order valence-electron chi connectivity index (χ1n) is 4.67. The van der Waals surface area contributed by atoms with E-state index in [2.05, 4.69) is 0 Å². The van der Waals surface area contributed by atoms with Gasteiger partial charge >= 0.3 is 0 Å². The van der Waals surface area contributed by atoms with Gasteiger partial charge in [0.25, 0.3) is 0 Å². The van der Waals surface area contributed by atoms with Gasteiger partial charge in [0.15, 0.2) is 0 Å². The minimum Gasteiger partial charge on any atom is -0.495 e. The van der Waals surface area contributed by atoms with Gasteiger partial charge in [0.2, 0.25) is 0 Å². The zero-order valence-electron chi connectivity index (χ0n) is 8.90. The summed E-state index contributed by atoms with van der Waals surface area (Å²) in [4.78, 5) is 1.98. The van der Waals surface area contributed by atoms with Crippen LogP contribution in [0.1, 0.15) is 6.92 Å². The molecule has 0 aliphatic heterocycles. The monoisotopic (exact) mass is 195 g/mol. The van der Waals surface area contributed by atoms with E-state index < -0.39 is 0 Å². The van der Waals surface area contributed by atoms with E-state index in [1.54, 1.807) is 14.0 Å². The molecule has 0 aliphatic carbocycles. The molecule has 0 aromatic heterocycles. The van der Waals surface area contributed by atoms with Crippen molar-refractivity contribution in [3.05, 3.63) is 24.3 Å². The number of nitrogens with zero attached hydrogens (tertiary/aromatic N) is 1. The first kappa shape index (κ1) is 10.9. The number of rotatable bonds is 4. The molecule has 1 atom stereocenters. The number of anilines is 1. The van der Waals surface area contributed by atoms with Crippen molar-refractivity contribution in [2.24, 2.45) is 0 Å². The summed E-state index contributed by atoms with van der Waals surface area (Å²) in [5, 5.41) is 9.27. The van der Waals surface area contributed by atoms with Crippen molar-refractivity contribution >= 4 is 5.69 Å².